The fourth-order valence-electron chi connectivity index (χ4n) is 8.56. The minimum atomic E-state index is -0.398. The average Bonchev–Trinajstić information content (AvgIpc) is 3.49. The van der Waals surface area contributed by atoms with Gasteiger partial charge in [-0.3, -0.25) is 0 Å². The number of hydrogen-bond donors (Lipinski definition) is 3. The Morgan fingerprint density at radius 1 is 1.11 bits per heavy atom. The van der Waals surface area contributed by atoms with Gasteiger partial charge in [0.1, 0.15) is 0 Å². The Balaban J connectivity index is 1.41. The normalized spacial score (nSPS) is 34.6. The molecule has 214 valence electrons. The highest BCUT2D eigenvalue weighted by Crippen LogP contribution is 2.60. The lowest BCUT2D eigenvalue weighted by Gasteiger charge is -2.44. The van der Waals surface area contributed by atoms with Crippen molar-refractivity contribution in [2.75, 3.05) is 6.61 Å². The van der Waals surface area contributed by atoms with Gasteiger partial charge in [0.05, 0.1) is 18.8 Å². The Hall–Kier alpha value is -0.940. The van der Waals surface area contributed by atoms with Crippen LogP contribution in [-0.4, -0.2) is 34.1 Å². The Morgan fingerprint density at radius 3 is 2.47 bits per heavy atom. The number of aliphatic hydroxyl groups is 3. The number of thiophene rings is 1. The van der Waals surface area contributed by atoms with Crippen molar-refractivity contribution in [2.24, 2.45) is 29.1 Å². The molecule has 0 saturated heterocycles. The Bertz CT molecular complexity index is 964. The first kappa shape index (κ1) is 30.0. The topological polar surface area (TPSA) is 60.7 Å². The lowest BCUT2D eigenvalue weighted by atomic mass is 9.60. The van der Waals surface area contributed by atoms with Crippen LogP contribution in [0.5, 0.6) is 0 Å². The monoisotopic (exact) mass is 542 g/mol. The third-order valence-corrected chi connectivity index (χ3v) is 12.4. The predicted octanol–water partition coefficient (Wildman–Crippen LogP) is 7.98. The Labute approximate surface area is 236 Å². The number of fused-ring (bicyclic) bond motifs is 1. The van der Waals surface area contributed by atoms with Gasteiger partial charge < -0.3 is 15.3 Å². The molecule has 1 aromatic rings. The SMILES string of the molecule is CCc1ccc([C@](CO)(CCCC(C)[C@H]2CCC3/C(=C\C=C4C[C@@H](O)C[C@@H](O)C4)CCC[C@@]32C)C(C)C)s1. The molecule has 0 radical (unpaired) electrons. The van der Waals surface area contributed by atoms with Crippen LogP contribution in [0.4, 0.5) is 0 Å². The van der Waals surface area contributed by atoms with Crippen LogP contribution in [0, 0.1) is 29.1 Å². The molecule has 0 bridgehead atoms. The fourth-order valence-corrected chi connectivity index (χ4v) is 9.86. The molecule has 3 aliphatic carbocycles. The molecule has 7 atom stereocenters. The summed E-state index contributed by atoms with van der Waals surface area (Å²) in [5.41, 5.74) is 3.07. The highest BCUT2D eigenvalue weighted by Gasteiger charge is 2.50. The molecule has 4 heteroatoms. The number of rotatable bonds is 10. The zero-order valence-electron chi connectivity index (χ0n) is 24.7. The van der Waals surface area contributed by atoms with Crippen LogP contribution in [-0.2, 0) is 11.8 Å². The molecule has 0 aliphatic heterocycles. The summed E-state index contributed by atoms with van der Waals surface area (Å²) in [7, 11) is 0. The zero-order valence-corrected chi connectivity index (χ0v) is 25.5. The lowest BCUT2D eigenvalue weighted by molar-refractivity contribution is 0.0609. The van der Waals surface area contributed by atoms with Gasteiger partial charge in [-0.05, 0) is 105 Å². The van der Waals surface area contributed by atoms with E-state index in [9.17, 15) is 15.3 Å². The molecule has 3 saturated carbocycles. The average molecular weight is 543 g/mol. The summed E-state index contributed by atoms with van der Waals surface area (Å²) in [5, 5.41) is 30.8. The van der Waals surface area contributed by atoms with Crippen molar-refractivity contribution in [3.63, 3.8) is 0 Å². The van der Waals surface area contributed by atoms with Crippen LogP contribution in [0.1, 0.15) is 115 Å². The van der Waals surface area contributed by atoms with E-state index >= 15 is 0 Å². The summed E-state index contributed by atoms with van der Waals surface area (Å²) in [6.45, 7) is 12.1. The zero-order chi connectivity index (χ0) is 27.5. The fraction of sp³-hybridized carbons (Fsp3) is 0.765. The molecule has 1 aromatic heterocycles. The van der Waals surface area contributed by atoms with E-state index in [1.807, 2.05) is 11.3 Å². The maximum atomic E-state index is 10.6. The summed E-state index contributed by atoms with van der Waals surface area (Å²) in [4.78, 5) is 2.80. The van der Waals surface area contributed by atoms with E-state index in [1.165, 1.54) is 60.3 Å². The van der Waals surface area contributed by atoms with Crippen molar-refractivity contribution in [2.45, 2.75) is 129 Å². The van der Waals surface area contributed by atoms with Crippen molar-refractivity contribution in [3.05, 3.63) is 45.2 Å². The second kappa shape index (κ2) is 12.7. The molecule has 0 aromatic carbocycles. The van der Waals surface area contributed by atoms with Crippen LogP contribution in [0.15, 0.2) is 35.4 Å². The van der Waals surface area contributed by atoms with Gasteiger partial charge in [-0.25, -0.2) is 0 Å². The summed E-state index contributed by atoms with van der Waals surface area (Å²) < 4.78 is 0. The van der Waals surface area contributed by atoms with Crippen LogP contribution in [0.3, 0.4) is 0 Å². The smallest absolute Gasteiger partial charge is 0.0602 e. The number of aryl methyl sites for hydroxylation is 1. The van der Waals surface area contributed by atoms with E-state index < -0.39 is 12.2 Å². The van der Waals surface area contributed by atoms with Crippen molar-refractivity contribution in [3.8, 4) is 0 Å². The quantitative estimate of drug-likeness (QED) is 0.281. The Morgan fingerprint density at radius 2 is 1.84 bits per heavy atom. The van der Waals surface area contributed by atoms with Crippen LogP contribution in [0.2, 0.25) is 0 Å². The molecule has 2 unspecified atom stereocenters. The number of hydrogen-bond acceptors (Lipinski definition) is 4. The van der Waals surface area contributed by atoms with Gasteiger partial charge >= 0.3 is 0 Å². The largest absolute Gasteiger partial charge is 0.395 e. The van der Waals surface area contributed by atoms with Gasteiger partial charge in [-0.1, -0.05) is 70.8 Å². The van der Waals surface area contributed by atoms with Gasteiger partial charge in [-0.2, -0.15) is 0 Å². The number of aliphatic hydroxyl groups excluding tert-OH is 3. The molecule has 38 heavy (non-hydrogen) atoms. The van der Waals surface area contributed by atoms with Gasteiger partial charge in [-0.15, -0.1) is 11.3 Å². The Kier molecular flexibility index (Phi) is 10.0. The highest BCUT2D eigenvalue weighted by molar-refractivity contribution is 7.12. The van der Waals surface area contributed by atoms with Crippen molar-refractivity contribution >= 4 is 11.3 Å². The molecule has 0 spiro atoms. The number of allylic oxidation sites excluding steroid dienone is 3. The van der Waals surface area contributed by atoms with Gasteiger partial charge in [0.25, 0.3) is 0 Å². The highest BCUT2D eigenvalue weighted by atomic mass is 32.1. The van der Waals surface area contributed by atoms with Crippen LogP contribution in [0.25, 0.3) is 0 Å². The maximum Gasteiger partial charge on any atom is 0.0602 e. The molecule has 4 rings (SSSR count). The molecule has 3 fully saturated rings. The molecule has 1 heterocycles. The minimum absolute atomic E-state index is 0.117. The van der Waals surface area contributed by atoms with E-state index in [0.29, 0.717) is 42.4 Å². The summed E-state index contributed by atoms with van der Waals surface area (Å²) >= 11 is 1.91. The molecular formula is C34H54O3S. The molecule has 0 amide bonds. The van der Waals surface area contributed by atoms with Gasteiger partial charge in [0.15, 0.2) is 0 Å². The second-order valence-electron chi connectivity index (χ2n) is 13.6. The summed E-state index contributed by atoms with van der Waals surface area (Å²) in [5.74, 6) is 2.55. The van der Waals surface area contributed by atoms with E-state index in [4.69, 9.17) is 0 Å². The van der Waals surface area contributed by atoms with E-state index in [-0.39, 0.29) is 12.0 Å². The van der Waals surface area contributed by atoms with E-state index in [1.54, 1.807) is 5.57 Å². The molecule has 3 aliphatic rings. The van der Waals surface area contributed by atoms with Gasteiger partial charge in [0, 0.05) is 15.2 Å². The first-order chi connectivity index (χ1) is 18.1. The first-order valence-electron chi connectivity index (χ1n) is 15.6. The van der Waals surface area contributed by atoms with E-state index in [0.717, 1.165) is 18.8 Å². The minimum Gasteiger partial charge on any atom is -0.395 e. The summed E-state index contributed by atoms with van der Waals surface area (Å²) in [6.07, 6.45) is 16.7. The third kappa shape index (κ3) is 6.19. The van der Waals surface area contributed by atoms with Crippen LogP contribution >= 0.6 is 11.3 Å². The van der Waals surface area contributed by atoms with E-state index in [2.05, 4.69) is 58.9 Å². The maximum absolute atomic E-state index is 10.6. The van der Waals surface area contributed by atoms with Crippen molar-refractivity contribution < 1.29 is 15.3 Å². The second-order valence-corrected chi connectivity index (χ2v) is 14.7. The lowest BCUT2D eigenvalue weighted by Crippen LogP contribution is -2.37. The third-order valence-electron chi connectivity index (χ3n) is 11.0. The van der Waals surface area contributed by atoms with Crippen molar-refractivity contribution in [1.29, 1.82) is 0 Å². The predicted molar refractivity (Wildman–Crippen MR) is 161 cm³/mol. The van der Waals surface area contributed by atoms with Gasteiger partial charge in [0.2, 0.25) is 0 Å². The van der Waals surface area contributed by atoms with Crippen LogP contribution < -0.4 is 0 Å². The first-order valence-corrected chi connectivity index (χ1v) is 16.4. The molecule has 3 nitrogen and oxygen atoms in total. The van der Waals surface area contributed by atoms with Crippen molar-refractivity contribution in [1.82, 2.24) is 0 Å². The standard InChI is InChI=1S/C34H54O3S/c1-6-29-13-16-32(38-29)34(22-35,23(2)3)18-7-9-24(4)30-14-15-31-26(10-8-17-33(30,31)5)12-11-25-19-27(36)21-28(37)20-25/h11-13,16,23-24,27-28,30-31,35-37H,6-10,14-15,17-22H2,1-5H3/b25-11?,26-12-/t24?,27-,28+,30-,31?,33-,34+/m1/s1. The summed E-state index contributed by atoms with van der Waals surface area (Å²) in [6, 6.07) is 4.54. The molecular weight excluding hydrogens is 488 g/mol. The molecule has 3 N–H and O–H groups in total.